The molecule has 0 aliphatic heterocycles. The molecule has 0 bridgehead atoms. The molecule has 12 heteroatoms. The maximum absolute atomic E-state index is 13.1. The fourth-order valence-corrected chi connectivity index (χ4v) is 10.4. The Balaban J connectivity index is 0.000000401. The minimum Gasteiger partial charge on any atom is -0.411 e. The number of benzene rings is 4. The molecule has 4 aromatic rings. The van der Waals surface area contributed by atoms with Crippen LogP contribution in [0.4, 0.5) is 0 Å². The number of nitrogens with zero attached hydrogens (tertiary/aromatic N) is 4. The first-order valence-electron chi connectivity index (χ1n) is 27.8. The van der Waals surface area contributed by atoms with Crippen LogP contribution in [0, 0.1) is 0 Å². The number of hydrogen-bond acceptors (Lipinski definition) is 10. The molecule has 0 saturated heterocycles. The molecule has 10 nitrogen and oxygen atoms in total. The van der Waals surface area contributed by atoms with Crippen molar-refractivity contribution < 1.29 is 29.2 Å². The Labute approximate surface area is 458 Å². The predicted octanol–water partition coefficient (Wildman–Crippen LogP) is 17.4. The summed E-state index contributed by atoms with van der Waals surface area (Å²) in [5.41, 5.74) is 11.8. The average Bonchev–Trinajstić information content (AvgIpc) is 3.86. The summed E-state index contributed by atoms with van der Waals surface area (Å²) in [5, 5.41) is 15.7. The smallest absolute Gasteiger partial charge is 0.335 e. The van der Waals surface area contributed by atoms with E-state index in [-0.39, 0.29) is 39.1 Å². The van der Waals surface area contributed by atoms with Gasteiger partial charge in [-0.15, -0.1) is 0 Å². The molecule has 0 aromatic heterocycles. The second kappa shape index (κ2) is 35.2. The van der Waals surface area contributed by atoms with Gasteiger partial charge in [0.1, 0.15) is 11.4 Å². The summed E-state index contributed by atoms with van der Waals surface area (Å²) in [6, 6.07) is 29.4. The number of carbonyl (C=O) groups excluding carboxylic acids is 4. The molecule has 2 aliphatic carbocycles. The van der Waals surface area contributed by atoms with Crippen LogP contribution in [0.25, 0.3) is 22.3 Å². The first kappa shape index (κ1) is 66.0. The largest absolute Gasteiger partial charge is 0.411 e. The van der Waals surface area contributed by atoms with Gasteiger partial charge in [0.05, 0.1) is 0 Å². The van der Waals surface area contributed by atoms with Crippen LogP contribution >= 0.6 is 20.6 Å². The fourth-order valence-electron chi connectivity index (χ4n) is 10.2. The molecule has 6 rings (SSSR count). The van der Waals surface area contributed by atoms with Gasteiger partial charge in [0.25, 0.3) is 0 Å². The Kier molecular flexibility index (Phi) is 31.0. The highest BCUT2D eigenvalue weighted by Crippen LogP contribution is 2.55. The first-order chi connectivity index (χ1) is 36.1. The van der Waals surface area contributed by atoms with Crippen molar-refractivity contribution in [3.63, 3.8) is 0 Å². The van der Waals surface area contributed by atoms with Crippen molar-refractivity contribution in [2.75, 3.05) is 26.7 Å². The summed E-state index contributed by atoms with van der Waals surface area (Å²) in [6.07, 6.45) is 15.9. The van der Waals surface area contributed by atoms with Gasteiger partial charge in [0.2, 0.25) is 16.8 Å². The van der Waals surface area contributed by atoms with Crippen LogP contribution in [0.1, 0.15) is 222 Å². The van der Waals surface area contributed by atoms with Gasteiger partial charge in [0.15, 0.2) is 0 Å². The first-order valence-corrected chi connectivity index (χ1v) is 28.6. The van der Waals surface area contributed by atoms with E-state index in [2.05, 4.69) is 150 Å². The Morgan fingerprint density at radius 3 is 1.21 bits per heavy atom. The molecule has 0 saturated carbocycles. The Bertz CT molecular complexity index is 2480. The number of ketones is 2. The van der Waals surface area contributed by atoms with Crippen LogP contribution in [-0.2, 0) is 25.3 Å². The molecule has 2 aliphatic rings. The highest BCUT2D eigenvalue weighted by atomic mass is 35.5. The Morgan fingerprint density at radius 2 is 0.907 bits per heavy atom. The standard InChI is InChI=1S/C28H35NO3.C24H29NO2.C6H15N.C4H7ClO.CH4NP/c1-5-8-17-28(18-9-6-2)24-14-11-10-13-22(24)23-16-15-21(19-25(23)28)27(31)20(4)29-32-26(30)12-7-3;1-4-6-14-24(15-7-5-2)21-11-9-8-10-19(21)20-13-12-18(16-22(20)24)23(26)17(3)25-27;1-4-7(5-2)6-3;1-2-3-4(5)6;1-2-3/h10-11,13-16,19H,5-9,12,17-18H2,1-4H3;8-13,16,27H,4-7,14-15H2,1-3H3;4-6H2,1-3H3;2-3H2,1H3;3H,1H3/b29-20-;25-17-;;;. The zero-order valence-electron chi connectivity index (χ0n) is 47.7. The normalized spacial score (nSPS) is 13.1. The third-order valence-corrected chi connectivity index (χ3v) is 14.4. The van der Waals surface area contributed by atoms with Crippen LogP contribution in [0.5, 0.6) is 0 Å². The lowest BCUT2D eigenvalue weighted by atomic mass is 9.70. The lowest BCUT2D eigenvalue weighted by Crippen LogP contribution is -2.26. The summed E-state index contributed by atoms with van der Waals surface area (Å²) in [5.74, 6) is -0.828. The fraction of sp³-hybridized carbons (Fsp3) is 0.524. The van der Waals surface area contributed by atoms with Gasteiger partial charge in [-0.3, -0.25) is 19.1 Å². The van der Waals surface area contributed by atoms with Gasteiger partial charge >= 0.3 is 5.97 Å². The van der Waals surface area contributed by atoms with Crippen LogP contribution in [0.3, 0.4) is 0 Å². The minimum atomic E-state index is -0.415. The van der Waals surface area contributed by atoms with E-state index < -0.39 is 5.97 Å². The van der Waals surface area contributed by atoms with E-state index in [1.807, 2.05) is 26.0 Å². The quantitative estimate of drug-likeness (QED) is 0.0140. The summed E-state index contributed by atoms with van der Waals surface area (Å²) in [6.45, 7) is 26.0. The molecule has 0 fully saturated rings. The van der Waals surface area contributed by atoms with E-state index in [9.17, 15) is 19.2 Å². The van der Waals surface area contributed by atoms with Gasteiger partial charge < -0.3 is 14.9 Å². The second-order valence-electron chi connectivity index (χ2n) is 19.4. The molecule has 410 valence electrons. The summed E-state index contributed by atoms with van der Waals surface area (Å²) < 4.78 is 3.31. The van der Waals surface area contributed by atoms with E-state index >= 15 is 0 Å². The number of rotatable bonds is 24. The van der Waals surface area contributed by atoms with Gasteiger partial charge in [0, 0.05) is 41.8 Å². The number of halogens is 1. The van der Waals surface area contributed by atoms with Gasteiger partial charge in [-0.2, -0.15) is 0 Å². The summed E-state index contributed by atoms with van der Waals surface area (Å²) in [7, 11) is 4.47. The van der Waals surface area contributed by atoms with Crippen LogP contribution in [0.2, 0.25) is 0 Å². The van der Waals surface area contributed by atoms with E-state index in [1.165, 1.54) is 64.1 Å². The van der Waals surface area contributed by atoms with E-state index in [0.717, 1.165) is 83.5 Å². The van der Waals surface area contributed by atoms with Crippen molar-refractivity contribution in [2.24, 2.45) is 15.1 Å². The highest BCUT2D eigenvalue weighted by Gasteiger charge is 2.43. The van der Waals surface area contributed by atoms with Crippen LogP contribution in [0.15, 0.2) is 100.0 Å². The van der Waals surface area contributed by atoms with E-state index in [1.54, 1.807) is 20.9 Å². The molecule has 0 spiro atoms. The van der Waals surface area contributed by atoms with Crippen molar-refractivity contribution in [1.82, 2.24) is 4.90 Å². The second-order valence-corrected chi connectivity index (χ2v) is 20.2. The van der Waals surface area contributed by atoms with Gasteiger partial charge in [-0.1, -0.05) is 197 Å². The molecule has 0 heterocycles. The SMILES string of the molecule is CCCC(=O)Cl.CCCCC1(CCCC)c2ccccc2-c2ccc(C(=O)/C(C)=N\O)cc21.CCCCC1(CCCC)c2ccccc2-c2ccc(C(=O)/C(C)=N\OC(=O)CCC)cc21.CCN(CC)CC.CN=P. The molecule has 1 N–H and O–H groups in total. The third kappa shape index (κ3) is 18.2. The van der Waals surface area contributed by atoms with Crippen LogP contribution < -0.4 is 0 Å². The van der Waals surface area contributed by atoms with Crippen molar-refractivity contribution in [3.05, 3.63) is 118 Å². The molecular formula is C63H90ClN4O6P. The Hall–Kier alpha value is -5.15. The third-order valence-electron chi connectivity index (χ3n) is 14.2. The van der Waals surface area contributed by atoms with Gasteiger partial charge in [-0.25, -0.2) is 4.79 Å². The highest BCUT2D eigenvalue weighted by molar-refractivity contribution is 7.03. The van der Waals surface area contributed by atoms with Crippen molar-refractivity contribution in [1.29, 1.82) is 0 Å². The molecule has 4 aromatic carbocycles. The van der Waals surface area contributed by atoms with Gasteiger partial charge in [-0.05, 0) is 149 Å². The molecule has 0 radical (unpaired) electrons. The summed E-state index contributed by atoms with van der Waals surface area (Å²) >= 11 is 4.94. The van der Waals surface area contributed by atoms with E-state index in [4.69, 9.17) is 21.6 Å². The lowest BCUT2D eigenvalue weighted by Gasteiger charge is -2.32. The summed E-state index contributed by atoms with van der Waals surface area (Å²) in [4.78, 5) is 54.4. The predicted molar refractivity (Wildman–Crippen MR) is 317 cm³/mol. The number of hydrogen-bond donors (Lipinski definition) is 1. The van der Waals surface area contributed by atoms with E-state index in [0.29, 0.717) is 30.4 Å². The molecular weight excluding hydrogens is 975 g/mol. The number of oxime groups is 2. The number of fused-ring (bicyclic) bond motifs is 6. The minimum absolute atomic E-state index is 0.0293. The van der Waals surface area contributed by atoms with Crippen molar-refractivity contribution in [2.45, 2.75) is 190 Å². The lowest BCUT2D eigenvalue weighted by molar-refractivity contribution is -0.143. The van der Waals surface area contributed by atoms with Crippen LogP contribution in [-0.4, -0.2) is 71.0 Å². The molecule has 0 unspecified atom stereocenters. The Morgan fingerprint density at radius 1 is 0.547 bits per heavy atom. The maximum atomic E-state index is 13.1. The number of Topliss-reactive ketones (excluding diaryl/α,β-unsaturated/α-hetero) is 2. The molecule has 0 amide bonds. The zero-order chi connectivity index (χ0) is 56.0. The molecule has 0 atom stereocenters. The number of carbonyl (C=O) groups is 4. The topological polar surface area (TPSA) is 138 Å². The zero-order valence-corrected chi connectivity index (χ0v) is 49.4. The van der Waals surface area contributed by atoms with Crippen molar-refractivity contribution >= 4 is 54.8 Å². The van der Waals surface area contributed by atoms with Crippen molar-refractivity contribution in [3.8, 4) is 22.3 Å². The average molecular weight is 1070 g/mol. The monoisotopic (exact) mass is 1060 g/mol. The maximum Gasteiger partial charge on any atom is 0.335 e. The molecule has 75 heavy (non-hydrogen) atoms. The number of unbranched alkanes of at least 4 members (excludes halogenated alkanes) is 4.